The molecule has 0 amide bonds. The number of benzene rings is 1. The van der Waals surface area contributed by atoms with Crippen molar-refractivity contribution in [2.45, 2.75) is 43.4 Å². The van der Waals surface area contributed by atoms with Crippen LogP contribution in [0.2, 0.25) is 0 Å². The van der Waals surface area contributed by atoms with Crippen LogP contribution in [0.3, 0.4) is 0 Å². The van der Waals surface area contributed by atoms with Crippen LogP contribution in [-0.2, 0) is 0 Å². The first-order valence-electron chi connectivity index (χ1n) is 6.71. The predicted octanol–water partition coefficient (Wildman–Crippen LogP) is 6.09. The Hall–Kier alpha value is 0.0400. The molecule has 1 aromatic carbocycles. The van der Waals surface area contributed by atoms with Gasteiger partial charge in [-0.15, -0.1) is 0 Å². The molecular formula is C15H18Br2F2. The molecule has 0 bridgehead atoms. The summed E-state index contributed by atoms with van der Waals surface area (Å²) in [6, 6.07) is 3.05. The van der Waals surface area contributed by atoms with Gasteiger partial charge in [0.2, 0.25) is 0 Å². The van der Waals surface area contributed by atoms with E-state index >= 15 is 0 Å². The Morgan fingerprint density at radius 2 is 1.68 bits per heavy atom. The zero-order valence-corrected chi connectivity index (χ0v) is 14.1. The fraction of sp³-hybridized carbons (Fsp3) is 0.600. The summed E-state index contributed by atoms with van der Waals surface area (Å²) >= 11 is 6.53. The van der Waals surface area contributed by atoms with Crippen LogP contribution in [0.5, 0.6) is 0 Å². The van der Waals surface area contributed by atoms with E-state index in [-0.39, 0.29) is 10.4 Å². The summed E-state index contributed by atoms with van der Waals surface area (Å²) in [5, 5.41) is 0.487. The molecule has 0 aromatic heterocycles. The minimum absolute atomic E-state index is 0.129. The SMILES string of the molecule is CC1CCC(c2cc(F)c(C(Br)CBr)c(F)c2)CC1. The van der Waals surface area contributed by atoms with Crippen LogP contribution in [0.4, 0.5) is 8.78 Å². The Morgan fingerprint density at radius 1 is 1.16 bits per heavy atom. The quantitative estimate of drug-likeness (QED) is 0.543. The second-order valence-corrected chi connectivity index (χ2v) is 7.23. The van der Waals surface area contributed by atoms with E-state index in [1.807, 2.05) is 0 Å². The maximum absolute atomic E-state index is 14.1. The molecule has 0 saturated heterocycles. The lowest BCUT2D eigenvalue weighted by atomic mass is 9.79. The normalized spacial score (nSPS) is 25.3. The summed E-state index contributed by atoms with van der Waals surface area (Å²) < 4.78 is 28.2. The van der Waals surface area contributed by atoms with E-state index < -0.39 is 11.6 Å². The summed E-state index contributed by atoms with van der Waals surface area (Å²) in [7, 11) is 0. The molecule has 0 spiro atoms. The fourth-order valence-corrected chi connectivity index (χ4v) is 3.57. The third-order valence-corrected chi connectivity index (χ3v) is 6.34. The van der Waals surface area contributed by atoms with E-state index in [1.165, 1.54) is 12.1 Å². The van der Waals surface area contributed by atoms with Crippen molar-refractivity contribution in [1.29, 1.82) is 0 Å². The average Bonchev–Trinajstić information content (AvgIpc) is 2.38. The second-order valence-electron chi connectivity index (χ2n) is 5.48. The number of alkyl halides is 2. The molecule has 106 valence electrons. The Morgan fingerprint density at radius 3 is 2.16 bits per heavy atom. The van der Waals surface area contributed by atoms with Gasteiger partial charge in [-0.2, -0.15) is 0 Å². The van der Waals surface area contributed by atoms with Crippen LogP contribution in [0.15, 0.2) is 12.1 Å². The lowest BCUT2D eigenvalue weighted by Gasteiger charge is -2.27. The Balaban J connectivity index is 2.24. The topological polar surface area (TPSA) is 0 Å². The molecule has 0 N–H and O–H groups in total. The molecule has 1 fully saturated rings. The zero-order valence-electron chi connectivity index (χ0n) is 10.9. The molecule has 1 aromatic rings. The summed E-state index contributed by atoms with van der Waals surface area (Å²) in [4.78, 5) is -0.326. The highest BCUT2D eigenvalue weighted by Gasteiger charge is 2.24. The van der Waals surface area contributed by atoms with E-state index in [9.17, 15) is 8.78 Å². The summed E-state index contributed by atoms with van der Waals surface area (Å²) in [5.41, 5.74) is 0.949. The fourth-order valence-electron chi connectivity index (χ4n) is 2.81. The van der Waals surface area contributed by atoms with E-state index in [4.69, 9.17) is 0 Å². The standard InChI is InChI=1S/C15H18Br2F2/c1-9-2-4-10(5-3-9)11-6-13(18)15(12(17)8-16)14(19)7-11/h6-7,9-10,12H,2-5,8H2,1H3. The highest BCUT2D eigenvalue weighted by Crippen LogP contribution is 2.38. The number of hydrogen-bond donors (Lipinski definition) is 0. The van der Waals surface area contributed by atoms with Gasteiger partial charge in [-0.3, -0.25) is 0 Å². The molecule has 1 saturated carbocycles. The highest BCUT2D eigenvalue weighted by molar-refractivity contribution is 9.12. The van der Waals surface area contributed by atoms with Gasteiger partial charge in [-0.05, 0) is 42.4 Å². The minimum atomic E-state index is -0.435. The molecule has 0 aliphatic heterocycles. The van der Waals surface area contributed by atoms with Crippen molar-refractivity contribution in [2.75, 3.05) is 5.33 Å². The van der Waals surface area contributed by atoms with Gasteiger partial charge in [-0.25, -0.2) is 8.78 Å². The molecule has 0 radical (unpaired) electrons. The monoisotopic (exact) mass is 394 g/mol. The van der Waals surface area contributed by atoms with Crippen molar-refractivity contribution >= 4 is 31.9 Å². The predicted molar refractivity (Wildman–Crippen MR) is 82.2 cm³/mol. The lowest BCUT2D eigenvalue weighted by Crippen LogP contribution is -2.12. The smallest absolute Gasteiger partial charge is 0.130 e. The molecule has 19 heavy (non-hydrogen) atoms. The van der Waals surface area contributed by atoms with Gasteiger partial charge in [-0.1, -0.05) is 51.6 Å². The maximum Gasteiger partial charge on any atom is 0.130 e. The number of rotatable bonds is 3. The third kappa shape index (κ3) is 3.57. The molecule has 1 atom stereocenters. The van der Waals surface area contributed by atoms with E-state index in [2.05, 4.69) is 38.8 Å². The molecule has 1 aliphatic rings. The van der Waals surface area contributed by atoms with Crippen molar-refractivity contribution in [3.63, 3.8) is 0 Å². The molecule has 1 aliphatic carbocycles. The zero-order chi connectivity index (χ0) is 14.0. The van der Waals surface area contributed by atoms with E-state index in [0.29, 0.717) is 11.2 Å². The van der Waals surface area contributed by atoms with E-state index in [0.717, 1.165) is 37.2 Å². The molecule has 1 unspecified atom stereocenters. The Bertz CT molecular complexity index is 417. The van der Waals surface area contributed by atoms with Crippen LogP contribution in [0.25, 0.3) is 0 Å². The summed E-state index contributed by atoms with van der Waals surface area (Å²) in [5.74, 6) is 0.183. The van der Waals surface area contributed by atoms with Crippen molar-refractivity contribution in [3.05, 3.63) is 34.9 Å². The van der Waals surface area contributed by atoms with Crippen LogP contribution < -0.4 is 0 Å². The van der Waals surface area contributed by atoms with Crippen molar-refractivity contribution in [3.8, 4) is 0 Å². The molecular weight excluding hydrogens is 378 g/mol. The van der Waals surface area contributed by atoms with E-state index in [1.54, 1.807) is 0 Å². The van der Waals surface area contributed by atoms with Crippen molar-refractivity contribution < 1.29 is 8.78 Å². The summed E-state index contributed by atoms with van der Waals surface area (Å²) in [6.07, 6.45) is 4.38. The Labute approximate surface area is 130 Å². The maximum atomic E-state index is 14.1. The van der Waals surface area contributed by atoms with Gasteiger partial charge in [0.1, 0.15) is 11.6 Å². The lowest BCUT2D eigenvalue weighted by molar-refractivity contribution is 0.346. The molecule has 4 heteroatoms. The van der Waals surface area contributed by atoms with Gasteiger partial charge in [0.25, 0.3) is 0 Å². The van der Waals surface area contributed by atoms with Crippen molar-refractivity contribution in [1.82, 2.24) is 0 Å². The summed E-state index contributed by atoms with van der Waals surface area (Å²) in [6.45, 7) is 2.24. The van der Waals surface area contributed by atoms with Crippen LogP contribution in [0.1, 0.15) is 54.5 Å². The van der Waals surface area contributed by atoms with Gasteiger partial charge in [0.05, 0.1) is 4.83 Å². The molecule has 0 nitrogen and oxygen atoms in total. The van der Waals surface area contributed by atoms with Gasteiger partial charge in [0.15, 0.2) is 0 Å². The Kier molecular flexibility index (Phi) is 5.41. The first kappa shape index (κ1) is 15.4. The molecule has 0 heterocycles. The van der Waals surface area contributed by atoms with Gasteiger partial charge in [0, 0.05) is 10.9 Å². The van der Waals surface area contributed by atoms with Crippen LogP contribution >= 0.6 is 31.9 Å². The van der Waals surface area contributed by atoms with Crippen LogP contribution in [-0.4, -0.2) is 5.33 Å². The number of hydrogen-bond acceptors (Lipinski definition) is 0. The number of halogens is 4. The third-order valence-electron chi connectivity index (χ3n) is 4.04. The molecule has 2 rings (SSSR count). The average molecular weight is 396 g/mol. The van der Waals surface area contributed by atoms with Crippen LogP contribution in [0, 0.1) is 17.6 Å². The van der Waals surface area contributed by atoms with Crippen molar-refractivity contribution in [2.24, 2.45) is 5.92 Å². The largest absolute Gasteiger partial charge is 0.207 e. The first-order valence-corrected chi connectivity index (χ1v) is 8.75. The second kappa shape index (κ2) is 6.66. The highest BCUT2D eigenvalue weighted by atomic mass is 79.9. The minimum Gasteiger partial charge on any atom is -0.207 e. The van der Waals surface area contributed by atoms with Gasteiger partial charge < -0.3 is 0 Å². The van der Waals surface area contributed by atoms with Gasteiger partial charge >= 0.3 is 0 Å². The first-order chi connectivity index (χ1) is 9.02.